The van der Waals surface area contributed by atoms with Gasteiger partial charge >= 0.3 is 11.9 Å². The zero-order valence-corrected chi connectivity index (χ0v) is 10.2. The third-order valence-electron chi connectivity index (χ3n) is 2.70. The molecule has 0 aromatic carbocycles. The summed E-state index contributed by atoms with van der Waals surface area (Å²) in [7, 11) is 0. The molecule has 1 aromatic rings. The molecule has 0 saturated carbocycles. The van der Waals surface area contributed by atoms with E-state index in [4.69, 9.17) is 0 Å². The third kappa shape index (κ3) is 2.60. The van der Waals surface area contributed by atoms with Crippen molar-refractivity contribution in [3.8, 4) is 0 Å². The van der Waals surface area contributed by atoms with Crippen LogP contribution >= 0.6 is 0 Å². The molecule has 18 heavy (non-hydrogen) atoms. The fourth-order valence-corrected chi connectivity index (χ4v) is 1.70. The predicted octanol–water partition coefficient (Wildman–Crippen LogP) is 1.83. The molecule has 1 atom stereocenters. The highest BCUT2D eigenvalue weighted by molar-refractivity contribution is 5.79. The first-order valence-electron chi connectivity index (χ1n) is 5.76. The molecule has 1 aliphatic heterocycles. The Morgan fingerprint density at radius 3 is 2.89 bits per heavy atom. The molecule has 2 rings (SSSR count). The van der Waals surface area contributed by atoms with Gasteiger partial charge in [-0.3, -0.25) is 4.68 Å². The van der Waals surface area contributed by atoms with E-state index < -0.39 is 24.4 Å². The molecule has 1 saturated heterocycles. The molecule has 0 radical (unpaired) electrons. The van der Waals surface area contributed by atoms with Gasteiger partial charge in [0.25, 0.3) is 0 Å². The van der Waals surface area contributed by atoms with Crippen molar-refractivity contribution in [2.24, 2.45) is 0 Å². The van der Waals surface area contributed by atoms with E-state index in [1.54, 1.807) is 16.9 Å². The van der Waals surface area contributed by atoms with Crippen LogP contribution in [0.15, 0.2) is 12.3 Å². The quantitative estimate of drug-likeness (QED) is 0.838. The van der Waals surface area contributed by atoms with Gasteiger partial charge in [0.2, 0.25) is 0 Å². The second kappa shape index (κ2) is 4.55. The number of cyclic esters (lactones) is 1. The number of carbonyl (C=O) groups excluding carboxylic acids is 1. The van der Waals surface area contributed by atoms with Gasteiger partial charge in [-0.15, -0.1) is 0 Å². The number of halogens is 2. The molecule has 1 fully saturated rings. The maximum atomic E-state index is 12.9. The number of nitrogens with one attached hydrogen (secondary N) is 1. The van der Waals surface area contributed by atoms with Crippen molar-refractivity contribution in [1.29, 1.82) is 0 Å². The van der Waals surface area contributed by atoms with Crippen molar-refractivity contribution in [3.63, 3.8) is 0 Å². The molecule has 5 nitrogen and oxygen atoms in total. The molecule has 100 valence electrons. The zero-order valence-electron chi connectivity index (χ0n) is 10.2. The minimum Gasteiger partial charge on any atom is -0.456 e. The molecule has 1 N–H and O–H groups in total. The average Bonchev–Trinajstić information content (AvgIpc) is 2.82. The van der Waals surface area contributed by atoms with Crippen molar-refractivity contribution >= 4 is 11.8 Å². The van der Waals surface area contributed by atoms with Crippen LogP contribution in [0.3, 0.4) is 0 Å². The topological polar surface area (TPSA) is 56.2 Å². The van der Waals surface area contributed by atoms with E-state index in [0.717, 1.165) is 0 Å². The average molecular weight is 259 g/mol. The van der Waals surface area contributed by atoms with Crippen LogP contribution in [0.1, 0.15) is 26.3 Å². The van der Waals surface area contributed by atoms with E-state index in [9.17, 15) is 13.6 Å². The maximum Gasteiger partial charge on any atom is 0.377 e. The smallest absolute Gasteiger partial charge is 0.377 e. The van der Waals surface area contributed by atoms with Gasteiger partial charge in [-0.05, 0) is 13.8 Å². The largest absolute Gasteiger partial charge is 0.456 e. The Kier molecular flexibility index (Phi) is 3.23. The standard InChI is InChI=1S/C11H15F2N3O2/c1-7(2)16-4-3-9(15-16)14-6-8-5-11(12,13)10(17)18-8/h3-4,7-8H,5-6H2,1-2H3,(H,14,15). The highest BCUT2D eigenvalue weighted by Crippen LogP contribution is 2.30. The zero-order chi connectivity index (χ0) is 13.3. The monoisotopic (exact) mass is 259 g/mol. The third-order valence-corrected chi connectivity index (χ3v) is 2.70. The van der Waals surface area contributed by atoms with Gasteiger partial charge in [-0.1, -0.05) is 0 Å². The molecular weight excluding hydrogens is 244 g/mol. The number of rotatable bonds is 4. The van der Waals surface area contributed by atoms with Gasteiger partial charge in [0.15, 0.2) is 0 Å². The minimum atomic E-state index is -3.36. The Balaban J connectivity index is 1.87. The summed E-state index contributed by atoms with van der Waals surface area (Å²) >= 11 is 0. The highest BCUT2D eigenvalue weighted by Gasteiger charge is 2.50. The number of hydrogen-bond donors (Lipinski definition) is 1. The van der Waals surface area contributed by atoms with Gasteiger partial charge in [0.1, 0.15) is 11.9 Å². The van der Waals surface area contributed by atoms with Crippen molar-refractivity contribution in [1.82, 2.24) is 9.78 Å². The van der Waals surface area contributed by atoms with E-state index in [0.29, 0.717) is 5.82 Å². The number of carbonyl (C=O) groups is 1. The van der Waals surface area contributed by atoms with Crippen LogP contribution in [0.25, 0.3) is 0 Å². The van der Waals surface area contributed by atoms with E-state index in [1.165, 1.54) is 0 Å². The van der Waals surface area contributed by atoms with E-state index in [1.807, 2.05) is 13.8 Å². The Morgan fingerprint density at radius 2 is 2.39 bits per heavy atom. The molecule has 0 amide bonds. The fraction of sp³-hybridized carbons (Fsp3) is 0.636. The maximum absolute atomic E-state index is 12.9. The summed E-state index contributed by atoms with van der Waals surface area (Å²) in [5.74, 6) is -4.22. The molecule has 0 spiro atoms. The number of ether oxygens (including phenoxy) is 1. The first-order valence-corrected chi connectivity index (χ1v) is 5.76. The first kappa shape index (κ1) is 12.8. The Labute approximate surface area is 103 Å². The summed E-state index contributed by atoms with van der Waals surface area (Å²) in [6, 6.07) is 1.98. The van der Waals surface area contributed by atoms with Crippen molar-refractivity contribution < 1.29 is 18.3 Å². The second-order valence-electron chi connectivity index (χ2n) is 4.59. The Hall–Kier alpha value is -1.66. The summed E-state index contributed by atoms with van der Waals surface area (Å²) in [6.45, 7) is 4.10. The summed E-state index contributed by atoms with van der Waals surface area (Å²) in [4.78, 5) is 10.8. The van der Waals surface area contributed by atoms with Crippen LogP contribution < -0.4 is 5.32 Å². The number of alkyl halides is 2. The SMILES string of the molecule is CC(C)n1ccc(NCC2CC(F)(F)C(=O)O2)n1. The summed E-state index contributed by atoms with van der Waals surface area (Å²) in [5.41, 5.74) is 0. The Morgan fingerprint density at radius 1 is 1.67 bits per heavy atom. The van der Waals surface area contributed by atoms with Crippen molar-refractivity contribution in [3.05, 3.63) is 12.3 Å². The first-order chi connectivity index (χ1) is 8.38. The Bertz CT molecular complexity index is 445. The predicted molar refractivity (Wildman–Crippen MR) is 60.5 cm³/mol. The normalized spacial score (nSPS) is 22.3. The van der Waals surface area contributed by atoms with Crippen LogP contribution in [-0.2, 0) is 9.53 Å². The lowest BCUT2D eigenvalue weighted by Gasteiger charge is -2.09. The minimum absolute atomic E-state index is 0.135. The van der Waals surface area contributed by atoms with Crippen LogP contribution in [0.4, 0.5) is 14.6 Å². The van der Waals surface area contributed by atoms with Gasteiger partial charge in [-0.25, -0.2) is 4.79 Å². The van der Waals surface area contributed by atoms with Crippen molar-refractivity contribution in [2.75, 3.05) is 11.9 Å². The van der Waals surface area contributed by atoms with Crippen LogP contribution in [-0.4, -0.2) is 34.3 Å². The lowest BCUT2D eigenvalue weighted by atomic mass is 10.2. The van der Waals surface area contributed by atoms with Crippen LogP contribution in [0.2, 0.25) is 0 Å². The number of hydrogen-bond acceptors (Lipinski definition) is 4. The molecule has 1 aliphatic rings. The number of anilines is 1. The summed E-state index contributed by atoms with van der Waals surface area (Å²) in [6.07, 6.45) is 0.406. The number of nitrogens with zero attached hydrogens (tertiary/aromatic N) is 2. The number of esters is 1. The van der Waals surface area contributed by atoms with E-state index in [-0.39, 0.29) is 12.6 Å². The molecule has 1 unspecified atom stereocenters. The summed E-state index contributed by atoms with van der Waals surface area (Å²) in [5, 5.41) is 7.08. The molecule has 2 heterocycles. The number of aromatic nitrogens is 2. The van der Waals surface area contributed by atoms with Crippen LogP contribution in [0.5, 0.6) is 0 Å². The molecular formula is C11H15F2N3O2. The molecule has 0 bridgehead atoms. The highest BCUT2D eigenvalue weighted by atomic mass is 19.3. The van der Waals surface area contributed by atoms with Gasteiger partial charge in [0.05, 0.1) is 13.0 Å². The second-order valence-corrected chi connectivity index (χ2v) is 4.59. The summed E-state index contributed by atoms with van der Waals surface area (Å²) < 4.78 is 32.1. The molecule has 1 aromatic heterocycles. The molecule has 7 heteroatoms. The molecule has 0 aliphatic carbocycles. The lowest BCUT2D eigenvalue weighted by molar-refractivity contribution is -0.158. The van der Waals surface area contributed by atoms with E-state index in [2.05, 4.69) is 15.2 Å². The van der Waals surface area contributed by atoms with Gasteiger partial charge < -0.3 is 10.1 Å². The lowest BCUT2D eigenvalue weighted by Crippen LogP contribution is -2.22. The van der Waals surface area contributed by atoms with E-state index >= 15 is 0 Å². The van der Waals surface area contributed by atoms with Gasteiger partial charge in [-0.2, -0.15) is 13.9 Å². The fourth-order valence-electron chi connectivity index (χ4n) is 1.70. The van der Waals surface area contributed by atoms with Gasteiger partial charge in [0, 0.05) is 18.3 Å². The van der Waals surface area contributed by atoms with Crippen LogP contribution in [0, 0.1) is 0 Å². The van der Waals surface area contributed by atoms with Crippen molar-refractivity contribution in [2.45, 2.75) is 38.3 Å².